The highest BCUT2D eigenvalue weighted by molar-refractivity contribution is 5.88. The molecule has 0 aromatic heterocycles. The van der Waals surface area contributed by atoms with Crippen LogP contribution in [0, 0.1) is 5.92 Å². The van der Waals surface area contributed by atoms with Crippen molar-refractivity contribution in [1.29, 1.82) is 0 Å². The lowest BCUT2D eigenvalue weighted by atomic mass is 10.0. The van der Waals surface area contributed by atoms with Crippen LogP contribution in [0.15, 0.2) is 35.5 Å². The molecule has 1 aromatic rings. The highest BCUT2D eigenvalue weighted by Gasteiger charge is 2.25. The number of carbonyl (C=O) groups excluding carboxylic acids is 1. The fourth-order valence-corrected chi connectivity index (χ4v) is 2.69. The number of carbonyl (C=O) groups is 1. The number of nitrogens with zero attached hydrogens (tertiary/aromatic N) is 2. The van der Waals surface area contributed by atoms with Gasteiger partial charge in [0.05, 0.1) is 11.8 Å². The standard InChI is InChI=1S/C18H27N3O2/c1-14(2)12-17(19)18(22)21-10-8-16(9-11-21)20-23-13-15-6-4-3-5-7-15/h3-7,14,17H,8-13,19H2,1-2H3/t17-/m0/s1. The molecule has 0 spiro atoms. The molecule has 1 aliphatic rings. The van der Waals surface area contributed by atoms with Crippen LogP contribution >= 0.6 is 0 Å². The molecule has 1 atom stereocenters. The van der Waals surface area contributed by atoms with Crippen molar-refractivity contribution in [2.75, 3.05) is 13.1 Å². The minimum Gasteiger partial charge on any atom is -0.391 e. The summed E-state index contributed by atoms with van der Waals surface area (Å²) in [5.41, 5.74) is 8.10. The number of hydrogen-bond donors (Lipinski definition) is 1. The Morgan fingerprint density at radius 2 is 1.91 bits per heavy atom. The van der Waals surface area contributed by atoms with E-state index in [4.69, 9.17) is 10.6 Å². The zero-order chi connectivity index (χ0) is 16.7. The number of benzene rings is 1. The zero-order valence-corrected chi connectivity index (χ0v) is 14.1. The first-order chi connectivity index (χ1) is 11.1. The number of rotatable bonds is 6. The molecule has 1 aliphatic heterocycles. The first kappa shape index (κ1) is 17.5. The van der Waals surface area contributed by atoms with Gasteiger partial charge < -0.3 is 15.5 Å². The van der Waals surface area contributed by atoms with Gasteiger partial charge in [0.1, 0.15) is 6.61 Å². The number of hydrogen-bond acceptors (Lipinski definition) is 4. The summed E-state index contributed by atoms with van der Waals surface area (Å²) in [6.07, 6.45) is 2.25. The highest BCUT2D eigenvalue weighted by atomic mass is 16.6. The van der Waals surface area contributed by atoms with E-state index < -0.39 is 0 Å². The molecule has 23 heavy (non-hydrogen) atoms. The second-order valence-corrected chi connectivity index (χ2v) is 6.48. The molecule has 126 valence electrons. The van der Waals surface area contributed by atoms with Crippen LogP contribution in [0.2, 0.25) is 0 Å². The van der Waals surface area contributed by atoms with Crippen LogP contribution in [-0.4, -0.2) is 35.7 Å². The van der Waals surface area contributed by atoms with Gasteiger partial charge >= 0.3 is 0 Å². The van der Waals surface area contributed by atoms with E-state index in [-0.39, 0.29) is 11.9 Å². The Labute approximate surface area is 138 Å². The first-order valence-corrected chi connectivity index (χ1v) is 8.32. The summed E-state index contributed by atoms with van der Waals surface area (Å²) in [6.45, 7) is 6.00. The Kier molecular flexibility index (Phi) is 6.59. The molecule has 5 heteroatoms. The van der Waals surface area contributed by atoms with Gasteiger partial charge in [0.25, 0.3) is 0 Å². The Morgan fingerprint density at radius 1 is 1.26 bits per heavy atom. The first-order valence-electron chi connectivity index (χ1n) is 8.32. The lowest BCUT2D eigenvalue weighted by Crippen LogP contribution is -2.47. The van der Waals surface area contributed by atoms with Crippen molar-refractivity contribution in [2.24, 2.45) is 16.8 Å². The fourth-order valence-electron chi connectivity index (χ4n) is 2.69. The van der Waals surface area contributed by atoms with Crippen LogP contribution in [0.3, 0.4) is 0 Å². The van der Waals surface area contributed by atoms with E-state index in [9.17, 15) is 4.79 Å². The molecule has 5 nitrogen and oxygen atoms in total. The van der Waals surface area contributed by atoms with Crippen LogP contribution in [0.1, 0.15) is 38.7 Å². The summed E-state index contributed by atoms with van der Waals surface area (Å²) in [5.74, 6) is 0.491. The number of nitrogens with two attached hydrogens (primary N) is 1. The Morgan fingerprint density at radius 3 is 2.52 bits per heavy atom. The minimum atomic E-state index is -0.386. The molecule has 0 saturated carbocycles. The number of amides is 1. The maximum absolute atomic E-state index is 12.3. The lowest BCUT2D eigenvalue weighted by Gasteiger charge is -2.30. The van der Waals surface area contributed by atoms with Crippen molar-refractivity contribution in [3.05, 3.63) is 35.9 Å². The molecule has 2 rings (SSSR count). The third-order valence-electron chi connectivity index (χ3n) is 3.96. The number of piperidine rings is 1. The summed E-state index contributed by atoms with van der Waals surface area (Å²) >= 11 is 0. The van der Waals surface area contributed by atoms with E-state index in [2.05, 4.69) is 19.0 Å². The molecule has 0 unspecified atom stereocenters. The van der Waals surface area contributed by atoms with E-state index in [0.29, 0.717) is 25.6 Å². The number of oxime groups is 1. The van der Waals surface area contributed by atoms with Gasteiger partial charge in [-0.1, -0.05) is 49.3 Å². The average molecular weight is 317 g/mol. The largest absolute Gasteiger partial charge is 0.391 e. The summed E-state index contributed by atoms with van der Waals surface area (Å²) < 4.78 is 0. The van der Waals surface area contributed by atoms with Gasteiger partial charge in [-0.25, -0.2) is 0 Å². The quantitative estimate of drug-likeness (QED) is 0.820. The smallest absolute Gasteiger partial charge is 0.239 e. The molecule has 2 N–H and O–H groups in total. The SMILES string of the molecule is CC(C)C[C@H](N)C(=O)N1CCC(=NOCc2ccccc2)CC1. The topological polar surface area (TPSA) is 67.9 Å². The maximum Gasteiger partial charge on any atom is 0.239 e. The molecule has 0 aliphatic carbocycles. The van der Waals surface area contributed by atoms with E-state index >= 15 is 0 Å². The molecular weight excluding hydrogens is 290 g/mol. The molecule has 1 fully saturated rings. The average Bonchev–Trinajstić information content (AvgIpc) is 2.55. The minimum absolute atomic E-state index is 0.0583. The van der Waals surface area contributed by atoms with Crippen molar-refractivity contribution in [1.82, 2.24) is 4.90 Å². The highest BCUT2D eigenvalue weighted by Crippen LogP contribution is 2.12. The van der Waals surface area contributed by atoms with Crippen LogP contribution in [0.25, 0.3) is 0 Å². The van der Waals surface area contributed by atoms with E-state index in [1.165, 1.54) is 0 Å². The van der Waals surface area contributed by atoms with Crippen LogP contribution in [0.5, 0.6) is 0 Å². The zero-order valence-electron chi connectivity index (χ0n) is 14.1. The van der Waals surface area contributed by atoms with Gasteiger partial charge in [-0.2, -0.15) is 0 Å². The monoisotopic (exact) mass is 317 g/mol. The van der Waals surface area contributed by atoms with Crippen LogP contribution < -0.4 is 5.73 Å². The molecule has 1 aromatic carbocycles. The Balaban J connectivity index is 1.75. The second-order valence-electron chi connectivity index (χ2n) is 6.48. The predicted molar refractivity (Wildman–Crippen MR) is 91.9 cm³/mol. The molecular formula is C18H27N3O2. The Hall–Kier alpha value is -1.88. The van der Waals surface area contributed by atoms with Gasteiger partial charge in [-0.15, -0.1) is 0 Å². The maximum atomic E-state index is 12.3. The molecule has 1 saturated heterocycles. The van der Waals surface area contributed by atoms with Gasteiger partial charge in [-0.05, 0) is 17.9 Å². The van der Waals surface area contributed by atoms with E-state index in [0.717, 1.165) is 30.5 Å². The predicted octanol–water partition coefficient (Wildman–Crippen LogP) is 2.56. The van der Waals surface area contributed by atoms with Crippen molar-refractivity contribution in [3.8, 4) is 0 Å². The summed E-state index contributed by atoms with van der Waals surface area (Å²) in [6, 6.07) is 9.58. The van der Waals surface area contributed by atoms with E-state index in [1.54, 1.807) is 0 Å². The molecule has 1 amide bonds. The lowest BCUT2D eigenvalue weighted by molar-refractivity contribution is -0.133. The van der Waals surface area contributed by atoms with E-state index in [1.807, 2.05) is 35.2 Å². The Bertz CT molecular complexity index is 518. The molecule has 0 bridgehead atoms. The summed E-state index contributed by atoms with van der Waals surface area (Å²) in [7, 11) is 0. The number of likely N-dealkylation sites (tertiary alicyclic amines) is 1. The van der Waals surface area contributed by atoms with Gasteiger partial charge in [0.2, 0.25) is 5.91 Å². The van der Waals surface area contributed by atoms with Gasteiger partial charge in [0, 0.05) is 25.9 Å². The third-order valence-corrected chi connectivity index (χ3v) is 3.96. The van der Waals surface area contributed by atoms with Crippen molar-refractivity contribution in [3.63, 3.8) is 0 Å². The normalized spacial score (nSPS) is 16.3. The summed E-state index contributed by atoms with van der Waals surface area (Å²) in [5, 5.41) is 4.21. The fraction of sp³-hybridized carbons (Fsp3) is 0.556. The van der Waals surface area contributed by atoms with Crippen LogP contribution in [-0.2, 0) is 16.2 Å². The van der Waals surface area contributed by atoms with Crippen molar-refractivity contribution in [2.45, 2.75) is 45.8 Å². The van der Waals surface area contributed by atoms with Crippen LogP contribution in [0.4, 0.5) is 0 Å². The van der Waals surface area contributed by atoms with Gasteiger partial charge in [0.15, 0.2) is 0 Å². The van der Waals surface area contributed by atoms with Crippen molar-refractivity contribution < 1.29 is 9.63 Å². The third kappa shape index (κ3) is 5.67. The molecule has 0 radical (unpaired) electrons. The van der Waals surface area contributed by atoms with Gasteiger partial charge in [-0.3, -0.25) is 4.79 Å². The molecule has 1 heterocycles. The summed E-state index contributed by atoms with van der Waals surface area (Å²) in [4.78, 5) is 19.5. The van der Waals surface area contributed by atoms with Crippen molar-refractivity contribution >= 4 is 11.6 Å². The second kappa shape index (κ2) is 8.67.